The van der Waals surface area contributed by atoms with Crippen LogP contribution in [0.25, 0.3) is 0 Å². The quantitative estimate of drug-likeness (QED) is 0.580. The SMILES string of the molecule is CCS(=O)(=O)c1ccc(Oc2cc(N)c(N)cc2Oc2cccc(F)c2F)cn1. The molecule has 4 N–H and O–H groups in total. The molecule has 0 amide bonds. The lowest BCUT2D eigenvalue weighted by Crippen LogP contribution is -2.05. The highest BCUT2D eigenvalue weighted by Gasteiger charge is 2.17. The van der Waals surface area contributed by atoms with Crippen LogP contribution in [0.5, 0.6) is 23.0 Å². The van der Waals surface area contributed by atoms with Crippen LogP contribution < -0.4 is 20.9 Å². The van der Waals surface area contributed by atoms with Crippen molar-refractivity contribution in [3.8, 4) is 23.0 Å². The van der Waals surface area contributed by atoms with Crippen LogP contribution in [0.4, 0.5) is 20.2 Å². The molecule has 0 atom stereocenters. The summed E-state index contributed by atoms with van der Waals surface area (Å²) in [5.41, 5.74) is 11.9. The number of halogens is 2. The Bertz CT molecular complexity index is 1150. The molecule has 0 aliphatic carbocycles. The van der Waals surface area contributed by atoms with E-state index in [4.69, 9.17) is 20.9 Å². The summed E-state index contributed by atoms with van der Waals surface area (Å²) in [5, 5.41) is -0.0949. The standard InChI is InChI=1S/C19H17F2N3O4S/c1-2-29(25,26)18-7-6-11(10-24-18)27-16-8-13(22)14(23)9-17(16)28-15-5-3-4-12(20)19(15)21/h3-10H,2,22-23H2,1H3. The zero-order valence-electron chi connectivity index (χ0n) is 15.2. The van der Waals surface area contributed by atoms with Crippen molar-refractivity contribution in [2.45, 2.75) is 11.9 Å². The van der Waals surface area contributed by atoms with E-state index in [1.54, 1.807) is 0 Å². The second-order valence-electron chi connectivity index (χ2n) is 5.92. The van der Waals surface area contributed by atoms with Gasteiger partial charge < -0.3 is 20.9 Å². The number of anilines is 2. The van der Waals surface area contributed by atoms with Gasteiger partial charge in [0, 0.05) is 12.1 Å². The van der Waals surface area contributed by atoms with Crippen molar-refractivity contribution in [2.75, 3.05) is 17.2 Å². The van der Waals surface area contributed by atoms with Crippen LogP contribution >= 0.6 is 0 Å². The Morgan fingerprint density at radius 1 is 0.966 bits per heavy atom. The molecular formula is C19H17F2N3O4S. The van der Waals surface area contributed by atoms with E-state index in [0.29, 0.717) is 0 Å². The molecule has 0 spiro atoms. The van der Waals surface area contributed by atoms with E-state index in [1.807, 2.05) is 0 Å². The molecule has 0 saturated heterocycles. The van der Waals surface area contributed by atoms with Gasteiger partial charge in [-0.1, -0.05) is 13.0 Å². The molecule has 0 radical (unpaired) electrons. The Balaban J connectivity index is 1.95. The molecule has 152 valence electrons. The molecule has 1 heterocycles. The molecule has 0 aliphatic heterocycles. The number of rotatable bonds is 6. The van der Waals surface area contributed by atoms with Crippen molar-refractivity contribution in [3.63, 3.8) is 0 Å². The van der Waals surface area contributed by atoms with E-state index in [1.165, 1.54) is 49.5 Å². The lowest BCUT2D eigenvalue weighted by molar-refractivity contribution is 0.389. The minimum atomic E-state index is -3.46. The number of nitrogens with two attached hydrogens (primary N) is 2. The van der Waals surface area contributed by atoms with E-state index in [0.717, 1.165) is 6.07 Å². The largest absolute Gasteiger partial charge is 0.452 e. The predicted octanol–water partition coefficient (Wildman–Crippen LogP) is 3.90. The number of nitrogen functional groups attached to an aromatic ring is 2. The molecule has 29 heavy (non-hydrogen) atoms. The smallest absolute Gasteiger partial charge is 0.201 e. The first-order chi connectivity index (χ1) is 13.7. The Morgan fingerprint density at radius 3 is 2.21 bits per heavy atom. The van der Waals surface area contributed by atoms with E-state index in [-0.39, 0.29) is 45.2 Å². The number of hydrogen-bond acceptors (Lipinski definition) is 7. The third kappa shape index (κ3) is 4.37. The van der Waals surface area contributed by atoms with Crippen LogP contribution in [-0.4, -0.2) is 19.2 Å². The van der Waals surface area contributed by atoms with Gasteiger partial charge in [-0.25, -0.2) is 17.8 Å². The Labute approximate surface area is 165 Å². The van der Waals surface area contributed by atoms with Crippen molar-refractivity contribution in [2.24, 2.45) is 0 Å². The summed E-state index contributed by atoms with van der Waals surface area (Å²) in [6, 6.07) is 8.81. The molecule has 0 bridgehead atoms. The molecule has 0 aliphatic rings. The topological polar surface area (TPSA) is 118 Å². The summed E-state index contributed by atoms with van der Waals surface area (Å²) in [5.74, 6) is -2.52. The van der Waals surface area contributed by atoms with Gasteiger partial charge in [-0.05, 0) is 24.3 Å². The fourth-order valence-corrected chi connectivity index (χ4v) is 3.10. The summed E-state index contributed by atoms with van der Waals surface area (Å²) in [6.07, 6.45) is 1.21. The van der Waals surface area contributed by atoms with Gasteiger partial charge in [-0.15, -0.1) is 0 Å². The van der Waals surface area contributed by atoms with Crippen molar-refractivity contribution in [1.29, 1.82) is 0 Å². The van der Waals surface area contributed by atoms with E-state index < -0.39 is 21.5 Å². The maximum atomic E-state index is 14.0. The summed E-state index contributed by atoms with van der Waals surface area (Å²) in [6.45, 7) is 1.51. The van der Waals surface area contributed by atoms with Crippen molar-refractivity contribution >= 4 is 21.2 Å². The van der Waals surface area contributed by atoms with E-state index in [2.05, 4.69) is 4.98 Å². The molecule has 3 aromatic rings. The zero-order chi connectivity index (χ0) is 21.2. The predicted molar refractivity (Wildman–Crippen MR) is 104 cm³/mol. The van der Waals surface area contributed by atoms with Gasteiger partial charge in [0.15, 0.2) is 37.9 Å². The van der Waals surface area contributed by atoms with Crippen molar-refractivity contribution in [1.82, 2.24) is 4.98 Å². The molecule has 0 saturated carbocycles. The maximum absolute atomic E-state index is 14.0. The van der Waals surface area contributed by atoms with Crippen LogP contribution in [-0.2, 0) is 9.84 Å². The molecule has 1 aromatic heterocycles. The van der Waals surface area contributed by atoms with Gasteiger partial charge in [0.2, 0.25) is 5.82 Å². The highest BCUT2D eigenvalue weighted by Crippen LogP contribution is 2.40. The first kappa shape index (κ1) is 20.3. The molecule has 3 rings (SSSR count). The lowest BCUT2D eigenvalue weighted by atomic mass is 10.2. The van der Waals surface area contributed by atoms with E-state index >= 15 is 0 Å². The molecular weight excluding hydrogens is 404 g/mol. The fourth-order valence-electron chi connectivity index (χ4n) is 2.32. The zero-order valence-corrected chi connectivity index (χ0v) is 16.0. The second-order valence-corrected chi connectivity index (χ2v) is 8.14. The van der Waals surface area contributed by atoms with Crippen LogP contribution in [0, 0.1) is 11.6 Å². The summed E-state index contributed by atoms with van der Waals surface area (Å²) < 4.78 is 62.2. The van der Waals surface area contributed by atoms with Gasteiger partial charge >= 0.3 is 0 Å². The molecule has 0 unspecified atom stereocenters. The monoisotopic (exact) mass is 421 g/mol. The highest BCUT2D eigenvalue weighted by molar-refractivity contribution is 7.91. The maximum Gasteiger partial charge on any atom is 0.201 e. The number of aromatic nitrogens is 1. The first-order valence-corrected chi connectivity index (χ1v) is 10.0. The molecule has 10 heteroatoms. The van der Waals surface area contributed by atoms with Crippen LogP contribution in [0.3, 0.4) is 0 Å². The second kappa shape index (κ2) is 7.92. The average molecular weight is 421 g/mol. The minimum Gasteiger partial charge on any atom is -0.452 e. The number of sulfone groups is 1. The number of benzene rings is 2. The third-order valence-corrected chi connectivity index (χ3v) is 5.56. The Kier molecular flexibility index (Phi) is 5.55. The van der Waals surface area contributed by atoms with E-state index in [9.17, 15) is 17.2 Å². The van der Waals surface area contributed by atoms with Gasteiger partial charge in [0.25, 0.3) is 0 Å². The number of ether oxygens (including phenoxy) is 2. The molecule has 2 aromatic carbocycles. The average Bonchev–Trinajstić information content (AvgIpc) is 2.69. The lowest BCUT2D eigenvalue weighted by Gasteiger charge is -2.15. The fraction of sp³-hybridized carbons (Fsp3) is 0.105. The highest BCUT2D eigenvalue weighted by atomic mass is 32.2. The Hall–Kier alpha value is -3.40. The number of hydrogen-bond donors (Lipinski definition) is 2. The number of pyridine rings is 1. The van der Waals surface area contributed by atoms with Gasteiger partial charge in [-0.3, -0.25) is 0 Å². The molecule has 0 fully saturated rings. The summed E-state index contributed by atoms with van der Waals surface area (Å²) >= 11 is 0. The normalized spacial score (nSPS) is 11.3. The Morgan fingerprint density at radius 2 is 1.62 bits per heavy atom. The van der Waals surface area contributed by atoms with Gasteiger partial charge in [0.05, 0.1) is 23.3 Å². The summed E-state index contributed by atoms with van der Waals surface area (Å²) in [4.78, 5) is 3.88. The van der Waals surface area contributed by atoms with Crippen LogP contribution in [0.1, 0.15) is 6.92 Å². The first-order valence-electron chi connectivity index (χ1n) is 8.38. The van der Waals surface area contributed by atoms with Crippen molar-refractivity contribution < 1.29 is 26.7 Å². The van der Waals surface area contributed by atoms with Crippen LogP contribution in [0.15, 0.2) is 53.7 Å². The van der Waals surface area contributed by atoms with Gasteiger partial charge in [-0.2, -0.15) is 4.39 Å². The molecule has 7 nitrogen and oxygen atoms in total. The van der Waals surface area contributed by atoms with Crippen molar-refractivity contribution in [3.05, 3.63) is 60.3 Å². The third-order valence-electron chi connectivity index (χ3n) is 3.92. The number of nitrogens with zero attached hydrogens (tertiary/aromatic N) is 1. The summed E-state index contributed by atoms with van der Waals surface area (Å²) in [7, 11) is -3.46. The van der Waals surface area contributed by atoms with Crippen LogP contribution in [0.2, 0.25) is 0 Å². The van der Waals surface area contributed by atoms with Gasteiger partial charge in [0.1, 0.15) is 5.75 Å². The minimum absolute atomic E-state index is 0.0218.